The van der Waals surface area contributed by atoms with Crippen molar-refractivity contribution in [2.24, 2.45) is 0 Å². The molecule has 0 saturated heterocycles. The topological polar surface area (TPSA) is 105 Å². The van der Waals surface area contributed by atoms with Crippen LogP contribution in [0.4, 0.5) is 5.69 Å². The summed E-state index contributed by atoms with van der Waals surface area (Å²) in [6.45, 7) is -0.257. The van der Waals surface area contributed by atoms with Crippen LogP contribution in [0.3, 0.4) is 0 Å². The van der Waals surface area contributed by atoms with Gasteiger partial charge in [-0.15, -0.1) is 0 Å². The van der Waals surface area contributed by atoms with Gasteiger partial charge in [0, 0.05) is 18.0 Å². The Morgan fingerprint density at radius 2 is 2.00 bits per heavy atom. The molecule has 0 bridgehead atoms. The van der Waals surface area contributed by atoms with Gasteiger partial charge in [-0.25, -0.2) is 14.5 Å². The van der Waals surface area contributed by atoms with Gasteiger partial charge in [0.1, 0.15) is 0 Å². The van der Waals surface area contributed by atoms with Crippen LogP contribution in [-0.4, -0.2) is 47.5 Å². The van der Waals surface area contributed by atoms with Crippen molar-refractivity contribution in [1.29, 1.82) is 0 Å². The highest BCUT2D eigenvalue weighted by atomic mass is 16.6. The molecule has 0 spiro atoms. The second-order valence-electron chi connectivity index (χ2n) is 5.54. The van der Waals surface area contributed by atoms with Gasteiger partial charge in [0.15, 0.2) is 23.9 Å². The maximum absolute atomic E-state index is 12.5. The normalized spacial score (nSPS) is 10.2. The Balaban J connectivity index is 1.69. The zero-order valence-corrected chi connectivity index (χ0v) is 15.3. The zero-order chi connectivity index (χ0) is 19.9. The van der Waals surface area contributed by atoms with Crippen molar-refractivity contribution in [2.75, 3.05) is 26.1 Å². The van der Waals surface area contributed by atoms with Crippen LogP contribution in [0.15, 0.2) is 55.0 Å². The second kappa shape index (κ2) is 8.67. The number of pyridine rings is 1. The molecule has 0 fully saturated rings. The highest BCUT2D eigenvalue weighted by Crippen LogP contribution is 2.28. The van der Waals surface area contributed by atoms with Crippen LogP contribution in [0, 0.1) is 0 Å². The Morgan fingerprint density at radius 3 is 2.64 bits per heavy atom. The molecule has 3 aromatic rings. The van der Waals surface area contributed by atoms with E-state index in [-0.39, 0.29) is 12.5 Å². The van der Waals surface area contributed by atoms with Crippen LogP contribution in [0.1, 0.15) is 10.4 Å². The predicted molar refractivity (Wildman–Crippen MR) is 99.8 cm³/mol. The van der Waals surface area contributed by atoms with Gasteiger partial charge in [0.25, 0.3) is 5.91 Å². The molecule has 1 aromatic carbocycles. The number of ether oxygens (including phenoxy) is 3. The number of benzene rings is 1. The number of hydrogen-bond acceptors (Lipinski definition) is 7. The van der Waals surface area contributed by atoms with Gasteiger partial charge in [0.2, 0.25) is 0 Å². The highest BCUT2D eigenvalue weighted by molar-refractivity contribution is 6.04. The molecular formula is C19H18N4O5. The van der Waals surface area contributed by atoms with Gasteiger partial charge in [-0.2, -0.15) is 5.10 Å². The molecule has 0 unspecified atom stereocenters. The molecule has 9 heteroatoms. The Morgan fingerprint density at radius 1 is 1.14 bits per heavy atom. The summed E-state index contributed by atoms with van der Waals surface area (Å²) in [5.41, 5.74) is 0.893. The lowest BCUT2D eigenvalue weighted by Gasteiger charge is -2.12. The Hall–Kier alpha value is -3.88. The van der Waals surface area contributed by atoms with Gasteiger partial charge in [-0.05, 0) is 36.4 Å². The maximum Gasteiger partial charge on any atom is 0.343 e. The fraction of sp³-hybridized carbons (Fsp3) is 0.158. The van der Waals surface area contributed by atoms with Crippen LogP contribution < -0.4 is 14.8 Å². The van der Waals surface area contributed by atoms with E-state index >= 15 is 0 Å². The lowest BCUT2D eigenvalue weighted by molar-refractivity contribution is -0.142. The van der Waals surface area contributed by atoms with E-state index in [1.54, 1.807) is 53.6 Å². The summed E-state index contributed by atoms with van der Waals surface area (Å²) in [7, 11) is 2.72. The number of methoxy groups -OCH3 is 2. The third-order valence-electron chi connectivity index (χ3n) is 3.74. The zero-order valence-electron chi connectivity index (χ0n) is 15.3. The van der Waals surface area contributed by atoms with E-state index < -0.39 is 5.97 Å². The maximum atomic E-state index is 12.5. The van der Waals surface area contributed by atoms with Crippen LogP contribution >= 0.6 is 0 Å². The molecule has 0 atom stereocenters. The summed E-state index contributed by atoms with van der Waals surface area (Å²) in [6, 6.07) is 9.91. The molecule has 1 amide bonds. The van der Waals surface area contributed by atoms with Crippen molar-refractivity contribution in [2.45, 2.75) is 0 Å². The van der Waals surface area contributed by atoms with E-state index in [1.165, 1.54) is 20.3 Å². The first-order chi connectivity index (χ1) is 13.6. The van der Waals surface area contributed by atoms with Crippen molar-refractivity contribution >= 4 is 17.6 Å². The second-order valence-corrected chi connectivity index (χ2v) is 5.54. The monoisotopic (exact) mass is 382 g/mol. The number of anilines is 1. The Bertz CT molecular complexity index is 955. The molecule has 2 aromatic heterocycles. The molecule has 3 rings (SSSR count). The first-order valence-electron chi connectivity index (χ1n) is 8.26. The predicted octanol–water partition coefficient (Wildman–Crippen LogP) is 2.08. The van der Waals surface area contributed by atoms with E-state index in [1.807, 2.05) is 0 Å². The van der Waals surface area contributed by atoms with E-state index in [2.05, 4.69) is 20.1 Å². The molecule has 9 nitrogen and oxygen atoms in total. The largest absolute Gasteiger partial charge is 0.493 e. The van der Waals surface area contributed by atoms with Crippen molar-refractivity contribution in [3.63, 3.8) is 0 Å². The minimum atomic E-state index is -0.519. The number of hydrogen-bond donors (Lipinski definition) is 1. The molecule has 0 aliphatic heterocycles. The number of esters is 1. The highest BCUT2D eigenvalue weighted by Gasteiger charge is 2.13. The lowest BCUT2D eigenvalue weighted by Crippen LogP contribution is -2.14. The van der Waals surface area contributed by atoms with Gasteiger partial charge < -0.3 is 19.5 Å². The average molecular weight is 382 g/mol. The minimum Gasteiger partial charge on any atom is -0.493 e. The van der Waals surface area contributed by atoms with Gasteiger partial charge in [-0.1, -0.05) is 0 Å². The van der Waals surface area contributed by atoms with E-state index in [9.17, 15) is 9.59 Å². The first kappa shape index (κ1) is 18.9. The molecule has 28 heavy (non-hydrogen) atoms. The van der Waals surface area contributed by atoms with Crippen molar-refractivity contribution in [1.82, 2.24) is 14.8 Å². The number of rotatable bonds is 7. The molecule has 0 saturated carbocycles. The van der Waals surface area contributed by atoms with E-state index in [0.29, 0.717) is 28.6 Å². The number of aromatic nitrogens is 3. The van der Waals surface area contributed by atoms with Gasteiger partial charge >= 0.3 is 5.97 Å². The van der Waals surface area contributed by atoms with Crippen LogP contribution in [0.25, 0.3) is 5.82 Å². The van der Waals surface area contributed by atoms with E-state index in [0.717, 1.165) is 0 Å². The summed E-state index contributed by atoms with van der Waals surface area (Å²) < 4.78 is 16.7. The quantitative estimate of drug-likeness (QED) is 0.624. The number of amides is 1. The van der Waals surface area contributed by atoms with Crippen LogP contribution in [0.2, 0.25) is 0 Å². The molecule has 0 aliphatic carbocycles. The molecule has 1 N–H and O–H groups in total. The molecule has 0 aliphatic rings. The summed E-state index contributed by atoms with van der Waals surface area (Å²) in [5.74, 6) is 0.427. The summed E-state index contributed by atoms with van der Waals surface area (Å²) in [4.78, 5) is 28.0. The molecular weight excluding hydrogens is 364 g/mol. The number of carbonyl (C=O) groups is 2. The van der Waals surface area contributed by atoms with Crippen LogP contribution in [-0.2, 0) is 9.53 Å². The Labute approximate surface area is 160 Å². The first-order valence-corrected chi connectivity index (χ1v) is 8.26. The molecule has 2 heterocycles. The minimum absolute atomic E-state index is 0.257. The Kier molecular flexibility index (Phi) is 5.85. The van der Waals surface area contributed by atoms with Crippen molar-refractivity contribution in [3.05, 3.63) is 60.6 Å². The van der Waals surface area contributed by atoms with Crippen LogP contribution in [0.5, 0.6) is 11.5 Å². The smallest absolute Gasteiger partial charge is 0.343 e. The third-order valence-corrected chi connectivity index (χ3v) is 3.74. The van der Waals surface area contributed by atoms with Gasteiger partial charge in [-0.3, -0.25) is 4.79 Å². The fourth-order valence-electron chi connectivity index (χ4n) is 2.33. The number of nitrogens with one attached hydrogen (secondary N) is 1. The molecule has 0 radical (unpaired) electrons. The van der Waals surface area contributed by atoms with Crippen molar-refractivity contribution < 1.29 is 23.8 Å². The third kappa shape index (κ3) is 4.44. The summed E-state index contributed by atoms with van der Waals surface area (Å²) in [6.07, 6.45) is 4.97. The van der Waals surface area contributed by atoms with Gasteiger partial charge in [0.05, 0.1) is 26.1 Å². The molecule has 144 valence electrons. The van der Waals surface area contributed by atoms with E-state index in [4.69, 9.17) is 9.47 Å². The summed E-state index contributed by atoms with van der Waals surface area (Å²) >= 11 is 0. The SMILES string of the molecule is COC(=O)COc1ccc(C(=O)Nc2ccc(-n3cccn3)nc2)cc1OC. The lowest BCUT2D eigenvalue weighted by atomic mass is 10.2. The standard InChI is InChI=1S/C19H18N4O5/c1-26-16-10-13(4-6-15(16)28-12-18(24)27-2)19(25)22-14-5-7-17(20-11-14)23-9-3-8-21-23/h3-11H,12H2,1-2H3,(H,22,25). The summed E-state index contributed by atoms with van der Waals surface area (Å²) in [5, 5.41) is 6.85. The fourth-order valence-corrected chi connectivity index (χ4v) is 2.33. The number of carbonyl (C=O) groups excluding carboxylic acids is 2. The average Bonchev–Trinajstić information content (AvgIpc) is 3.27. The number of nitrogens with zero attached hydrogens (tertiary/aromatic N) is 3. The van der Waals surface area contributed by atoms with Crippen molar-refractivity contribution in [3.8, 4) is 17.3 Å².